The molecule has 0 bridgehead atoms. The smallest absolute Gasteiger partial charge is 0.317 e. The maximum atomic E-state index is 12.6. The van der Waals surface area contributed by atoms with Gasteiger partial charge >= 0.3 is 5.97 Å². The summed E-state index contributed by atoms with van der Waals surface area (Å²) in [5, 5.41) is 9.09. The Kier molecular flexibility index (Phi) is 5.69. The number of nitrogens with zero attached hydrogens (tertiary/aromatic N) is 2. The van der Waals surface area contributed by atoms with E-state index in [0.717, 1.165) is 6.54 Å². The number of rotatable bonds is 8. The number of aliphatic carboxylic acids is 1. The summed E-state index contributed by atoms with van der Waals surface area (Å²) in [5.74, 6) is -0.201. The zero-order valence-corrected chi connectivity index (χ0v) is 15.7. The molecule has 0 spiro atoms. The van der Waals surface area contributed by atoms with Gasteiger partial charge in [0.2, 0.25) is 0 Å². The second-order valence-electron chi connectivity index (χ2n) is 7.79. The lowest BCUT2D eigenvalue weighted by molar-refractivity contribution is -0.139. The Balaban J connectivity index is 1.50. The van der Waals surface area contributed by atoms with E-state index in [1.54, 1.807) is 0 Å². The molecule has 3 rings (SSSR count). The van der Waals surface area contributed by atoms with Gasteiger partial charge in [0, 0.05) is 31.7 Å². The summed E-state index contributed by atoms with van der Waals surface area (Å²) in [6, 6.07) is 0.0471. The highest BCUT2D eigenvalue weighted by molar-refractivity contribution is 7.87. The molecule has 0 aromatic carbocycles. The van der Waals surface area contributed by atoms with Crippen LogP contribution < -0.4 is 4.72 Å². The van der Waals surface area contributed by atoms with Crippen molar-refractivity contribution in [2.45, 2.75) is 63.8 Å². The normalized spacial score (nSPS) is 34.0. The Hall–Kier alpha value is -0.740. The monoisotopic (exact) mass is 375 g/mol. The zero-order valence-electron chi connectivity index (χ0n) is 14.9. The summed E-state index contributed by atoms with van der Waals surface area (Å²) < 4.78 is 35.0. The second-order valence-corrected chi connectivity index (χ2v) is 9.49. The van der Waals surface area contributed by atoms with E-state index in [2.05, 4.69) is 4.72 Å². The first kappa shape index (κ1) is 19.0. The molecule has 2 aliphatic carbocycles. The van der Waals surface area contributed by atoms with Gasteiger partial charge in [0.15, 0.2) is 0 Å². The third-order valence-corrected chi connectivity index (χ3v) is 6.81. The van der Waals surface area contributed by atoms with E-state index in [9.17, 15) is 13.2 Å². The van der Waals surface area contributed by atoms with Gasteiger partial charge in [0.1, 0.15) is 0 Å². The van der Waals surface area contributed by atoms with Crippen LogP contribution in [0.3, 0.4) is 0 Å². The average Bonchev–Trinajstić information content (AvgIpc) is 3.24. The molecular formula is C16H29N3O5S. The highest BCUT2D eigenvalue weighted by Gasteiger charge is 2.40. The number of ether oxygens (including phenoxy) is 1. The zero-order chi connectivity index (χ0) is 18.2. The van der Waals surface area contributed by atoms with E-state index >= 15 is 0 Å². The van der Waals surface area contributed by atoms with Crippen molar-refractivity contribution in [3.8, 4) is 0 Å². The largest absolute Gasteiger partial charge is 0.480 e. The second kappa shape index (κ2) is 7.48. The number of hydrogen-bond acceptors (Lipinski definition) is 5. The first-order valence-corrected chi connectivity index (χ1v) is 10.6. The van der Waals surface area contributed by atoms with Crippen molar-refractivity contribution in [2.24, 2.45) is 5.92 Å². The lowest BCUT2D eigenvalue weighted by atomic mass is 9.86. The molecule has 0 radical (unpaired) electrons. The van der Waals surface area contributed by atoms with Gasteiger partial charge in [-0.25, -0.2) is 0 Å². The molecule has 1 aliphatic heterocycles. The van der Waals surface area contributed by atoms with Crippen molar-refractivity contribution < 1.29 is 23.1 Å². The Morgan fingerprint density at radius 1 is 1.24 bits per heavy atom. The summed E-state index contributed by atoms with van der Waals surface area (Å²) in [7, 11) is -3.52. The first-order valence-electron chi connectivity index (χ1n) is 9.11. The van der Waals surface area contributed by atoms with Gasteiger partial charge in [-0.3, -0.25) is 9.69 Å². The number of carbonyl (C=O) groups is 1. The van der Waals surface area contributed by atoms with Crippen molar-refractivity contribution in [2.75, 3.05) is 26.2 Å². The molecule has 0 aromatic rings. The summed E-state index contributed by atoms with van der Waals surface area (Å²) >= 11 is 0. The van der Waals surface area contributed by atoms with E-state index < -0.39 is 16.2 Å². The summed E-state index contributed by atoms with van der Waals surface area (Å²) in [4.78, 5) is 13.1. The molecule has 2 saturated carbocycles. The van der Waals surface area contributed by atoms with Gasteiger partial charge in [-0.2, -0.15) is 17.4 Å². The van der Waals surface area contributed by atoms with E-state index in [1.807, 2.05) is 18.7 Å². The number of carboxylic acid groups (broad SMARTS) is 1. The van der Waals surface area contributed by atoms with Crippen molar-refractivity contribution in [1.82, 2.24) is 13.9 Å². The van der Waals surface area contributed by atoms with Crippen LogP contribution in [-0.4, -0.2) is 79.2 Å². The predicted molar refractivity (Wildman–Crippen MR) is 92.4 cm³/mol. The number of morpholine rings is 1. The van der Waals surface area contributed by atoms with Gasteiger partial charge in [0.05, 0.1) is 18.8 Å². The van der Waals surface area contributed by atoms with Gasteiger partial charge in [0.25, 0.3) is 10.2 Å². The fraction of sp³-hybridized carbons (Fsp3) is 0.938. The average molecular weight is 375 g/mol. The minimum atomic E-state index is -3.52. The van der Waals surface area contributed by atoms with Gasteiger partial charge in [-0.1, -0.05) is 0 Å². The first-order chi connectivity index (χ1) is 11.7. The third kappa shape index (κ3) is 5.13. The van der Waals surface area contributed by atoms with E-state index in [1.165, 1.54) is 17.1 Å². The standard InChI is InChI=1S/C16H29N3O5S/c1-11-7-19(8-12(2)24-11)25(22,23)17-14-5-15(6-14)18(10-16(20)21)9-13-3-4-13/h11-15,17H,3-10H2,1-2H3,(H,20,21). The molecular weight excluding hydrogens is 346 g/mol. The minimum Gasteiger partial charge on any atom is -0.480 e. The molecule has 2 unspecified atom stereocenters. The fourth-order valence-corrected chi connectivity index (χ4v) is 5.32. The molecule has 1 saturated heterocycles. The summed E-state index contributed by atoms with van der Waals surface area (Å²) in [5.41, 5.74) is 0. The van der Waals surface area contributed by atoms with Crippen LogP contribution in [-0.2, 0) is 19.7 Å². The van der Waals surface area contributed by atoms with Crippen molar-refractivity contribution in [3.63, 3.8) is 0 Å². The fourth-order valence-electron chi connectivity index (χ4n) is 3.74. The lowest BCUT2D eigenvalue weighted by Crippen LogP contribution is -2.59. The van der Waals surface area contributed by atoms with Crippen LogP contribution in [0.4, 0.5) is 0 Å². The Morgan fingerprint density at radius 3 is 2.36 bits per heavy atom. The molecule has 25 heavy (non-hydrogen) atoms. The van der Waals surface area contributed by atoms with Crippen molar-refractivity contribution >= 4 is 16.2 Å². The molecule has 8 nitrogen and oxygen atoms in total. The molecule has 144 valence electrons. The van der Waals surface area contributed by atoms with Gasteiger partial charge in [-0.05, 0) is 45.4 Å². The number of carboxylic acids is 1. The lowest BCUT2D eigenvalue weighted by Gasteiger charge is -2.43. The third-order valence-electron chi connectivity index (χ3n) is 5.20. The molecule has 9 heteroatoms. The maximum Gasteiger partial charge on any atom is 0.317 e. The summed E-state index contributed by atoms with van der Waals surface area (Å²) in [6.07, 6.45) is 3.47. The van der Waals surface area contributed by atoms with Crippen LogP contribution in [0.25, 0.3) is 0 Å². The number of hydrogen-bond donors (Lipinski definition) is 2. The van der Waals surface area contributed by atoms with Crippen molar-refractivity contribution in [1.29, 1.82) is 0 Å². The molecule has 1 heterocycles. The molecule has 3 aliphatic rings. The van der Waals surface area contributed by atoms with Crippen LogP contribution in [0, 0.1) is 5.92 Å². The van der Waals surface area contributed by atoms with Crippen molar-refractivity contribution in [3.05, 3.63) is 0 Å². The number of nitrogens with one attached hydrogen (secondary N) is 1. The van der Waals surface area contributed by atoms with Crippen LogP contribution >= 0.6 is 0 Å². The molecule has 2 N–H and O–H groups in total. The highest BCUT2D eigenvalue weighted by atomic mass is 32.2. The Morgan fingerprint density at radius 2 is 1.84 bits per heavy atom. The Bertz CT molecular complexity index is 579. The highest BCUT2D eigenvalue weighted by Crippen LogP contribution is 2.34. The maximum absolute atomic E-state index is 12.6. The van der Waals surface area contributed by atoms with Gasteiger partial charge in [-0.15, -0.1) is 0 Å². The molecule has 2 atom stereocenters. The topological polar surface area (TPSA) is 99.2 Å². The Labute approximate surface area is 149 Å². The van der Waals surface area contributed by atoms with Crippen LogP contribution in [0.2, 0.25) is 0 Å². The molecule has 3 fully saturated rings. The predicted octanol–water partition coefficient (Wildman–Crippen LogP) is 0.258. The molecule has 0 aromatic heterocycles. The van der Waals surface area contributed by atoms with Crippen LogP contribution in [0.15, 0.2) is 0 Å². The van der Waals surface area contributed by atoms with E-state index in [-0.39, 0.29) is 30.8 Å². The minimum absolute atomic E-state index is 0.0408. The van der Waals surface area contributed by atoms with E-state index in [0.29, 0.717) is 31.8 Å². The van der Waals surface area contributed by atoms with Crippen LogP contribution in [0.5, 0.6) is 0 Å². The summed E-state index contributed by atoms with van der Waals surface area (Å²) in [6.45, 7) is 5.33. The van der Waals surface area contributed by atoms with Crippen LogP contribution in [0.1, 0.15) is 39.5 Å². The quantitative estimate of drug-likeness (QED) is 0.631. The van der Waals surface area contributed by atoms with E-state index in [4.69, 9.17) is 9.84 Å². The molecule has 0 amide bonds. The van der Waals surface area contributed by atoms with Gasteiger partial charge < -0.3 is 9.84 Å². The SMILES string of the molecule is CC1CN(S(=O)(=O)NC2CC(N(CC(=O)O)CC3CC3)C2)CC(C)O1.